The van der Waals surface area contributed by atoms with Gasteiger partial charge in [0.25, 0.3) is 5.69 Å². The van der Waals surface area contributed by atoms with E-state index in [-0.39, 0.29) is 34.5 Å². The molecule has 4 rings (SSSR count). The number of aliphatic imine (C=N–C) groups is 1. The number of nitro benzene ring substituents is 1. The van der Waals surface area contributed by atoms with Crippen molar-refractivity contribution in [1.29, 1.82) is 0 Å². The van der Waals surface area contributed by atoms with Gasteiger partial charge in [0.05, 0.1) is 23.9 Å². The summed E-state index contributed by atoms with van der Waals surface area (Å²) in [6.45, 7) is 0.252. The van der Waals surface area contributed by atoms with Crippen molar-refractivity contribution < 1.29 is 19.2 Å². The maximum absolute atomic E-state index is 12.4. The number of carbonyl (C=O) groups excluding carboxylic acids is 1. The fraction of sp³-hybridized carbons (Fsp3) is 0.0435. The Morgan fingerprint density at radius 2 is 1.69 bits per heavy atom. The van der Waals surface area contributed by atoms with E-state index >= 15 is 0 Å². The molecule has 178 valence electrons. The second-order valence-electron chi connectivity index (χ2n) is 7.11. The Balaban J connectivity index is 1.57. The number of nitrogens with zero attached hydrogens (tertiary/aromatic N) is 2. The molecule has 12 heteroatoms. The zero-order valence-corrected chi connectivity index (χ0v) is 22.7. The van der Waals surface area contributed by atoms with Crippen molar-refractivity contribution in [2.24, 2.45) is 4.99 Å². The molecule has 0 N–H and O–H groups in total. The molecule has 3 aromatic carbocycles. The van der Waals surface area contributed by atoms with Crippen LogP contribution in [0, 0.1) is 10.1 Å². The minimum atomic E-state index is -0.690. The van der Waals surface area contributed by atoms with Gasteiger partial charge >= 0.3 is 5.97 Å². The minimum Gasteiger partial charge on any atom is -0.487 e. The number of rotatable bonds is 6. The van der Waals surface area contributed by atoms with Crippen LogP contribution in [0.15, 0.2) is 68.2 Å². The highest BCUT2D eigenvalue weighted by Crippen LogP contribution is 2.37. The third-order valence-corrected chi connectivity index (χ3v) is 6.94. The molecule has 0 saturated carbocycles. The van der Waals surface area contributed by atoms with E-state index in [4.69, 9.17) is 44.3 Å². The molecule has 0 aliphatic carbocycles. The molecule has 0 saturated heterocycles. The monoisotopic (exact) mass is 658 g/mol. The molecular formula is C23H11Br2Cl3N2O5. The van der Waals surface area contributed by atoms with Gasteiger partial charge < -0.3 is 9.47 Å². The molecule has 0 bridgehead atoms. The van der Waals surface area contributed by atoms with Crippen LogP contribution in [0.25, 0.3) is 6.08 Å². The lowest BCUT2D eigenvalue weighted by Crippen LogP contribution is -2.06. The molecule has 35 heavy (non-hydrogen) atoms. The van der Waals surface area contributed by atoms with E-state index in [1.54, 1.807) is 24.3 Å². The Hall–Kier alpha value is -2.43. The Morgan fingerprint density at radius 1 is 1.00 bits per heavy atom. The third kappa shape index (κ3) is 5.87. The normalized spacial score (nSPS) is 14.1. The smallest absolute Gasteiger partial charge is 0.363 e. The second kappa shape index (κ2) is 10.7. The fourth-order valence-electron chi connectivity index (χ4n) is 3.06. The number of halogens is 5. The summed E-state index contributed by atoms with van der Waals surface area (Å²) in [5.41, 5.74) is 1.43. The van der Waals surface area contributed by atoms with Gasteiger partial charge in [0, 0.05) is 11.6 Å². The van der Waals surface area contributed by atoms with Crippen molar-refractivity contribution in [3.63, 3.8) is 0 Å². The first kappa shape index (κ1) is 25.7. The number of cyclic esters (lactones) is 1. The van der Waals surface area contributed by atoms with Crippen molar-refractivity contribution in [3.05, 3.63) is 105 Å². The Bertz CT molecular complexity index is 1420. The maximum atomic E-state index is 12.4. The molecule has 3 aromatic rings. The van der Waals surface area contributed by atoms with Crippen molar-refractivity contribution in [1.82, 2.24) is 0 Å². The molecule has 1 aliphatic heterocycles. The summed E-state index contributed by atoms with van der Waals surface area (Å²) in [5.74, 6) is -0.199. The summed E-state index contributed by atoms with van der Waals surface area (Å²) in [4.78, 5) is 27.1. The number of hydrogen-bond acceptors (Lipinski definition) is 6. The van der Waals surface area contributed by atoms with Gasteiger partial charge in [-0.2, -0.15) is 0 Å². The molecule has 1 heterocycles. The molecule has 0 aromatic heterocycles. The van der Waals surface area contributed by atoms with E-state index < -0.39 is 10.9 Å². The summed E-state index contributed by atoms with van der Waals surface area (Å²) in [5, 5.41) is 12.0. The molecule has 0 fully saturated rings. The number of nitro groups is 1. The standard InChI is InChI=1S/C23H11Br2Cl3N2O5/c24-14-5-12(6-15(25)21(14)34-10-11-1-3-16(26)18(28)7-11)8-19-23(31)35-22(29-19)13-2-4-17(27)20(9-13)30(32)33/h1-9H,10H2/b19-8-. The van der Waals surface area contributed by atoms with Crippen LogP contribution >= 0.6 is 66.7 Å². The average Bonchev–Trinajstić information content (AvgIpc) is 3.15. The summed E-state index contributed by atoms with van der Waals surface area (Å²) < 4.78 is 12.4. The number of carbonyl (C=O) groups is 1. The van der Waals surface area contributed by atoms with E-state index in [0.29, 0.717) is 30.3 Å². The number of esters is 1. The summed E-state index contributed by atoms with van der Waals surface area (Å²) in [6, 6.07) is 12.7. The van der Waals surface area contributed by atoms with E-state index in [2.05, 4.69) is 36.9 Å². The van der Waals surface area contributed by atoms with Crippen LogP contribution in [0.4, 0.5) is 5.69 Å². The average molecular weight is 662 g/mol. The van der Waals surface area contributed by atoms with Crippen LogP contribution in [0.1, 0.15) is 16.7 Å². The number of ether oxygens (including phenoxy) is 2. The van der Waals surface area contributed by atoms with Gasteiger partial charge in [0.2, 0.25) is 5.90 Å². The highest BCUT2D eigenvalue weighted by Gasteiger charge is 2.26. The Morgan fingerprint density at radius 3 is 2.34 bits per heavy atom. The maximum Gasteiger partial charge on any atom is 0.363 e. The predicted molar refractivity (Wildman–Crippen MR) is 141 cm³/mol. The van der Waals surface area contributed by atoms with Gasteiger partial charge in [-0.3, -0.25) is 10.1 Å². The lowest BCUT2D eigenvalue weighted by molar-refractivity contribution is -0.384. The molecule has 0 atom stereocenters. The van der Waals surface area contributed by atoms with E-state index in [1.807, 2.05) is 6.07 Å². The van der Waals surface area contributed by atoms with E-state index in [0.717, 1.165) is 5.56 Å². The largest absolute Gasteiger partial charge is 0.487 e. The molecule has 0 spiro atoms. The molecule has 0 unspecified atom stereocenters. The predicted octanol–water partition coefficient (Wildman–Crippen LogP) is 8.00. The van der Waals surface area contributed by atoms with Crippen molar-refractivity contribution >= 4 is 90.3 Å². The number of hydrogen-bond donors (Lipinski definition) is 0. The zero-order chi connectivity index (χ0) is 25.3. The van der Waals surface area contributed by atoms with Gasteiger partial charge in [-0.15, -0.1) is 0 Å². The van der Waals surface area contributed by atoms with Gasteiger partial charge in [-0.25, -0.2) is 9.79 Å². The van der Waals surface area contributed by atoms with Crippen LogP contribution in [0.3, 0.4) is 0 Å². The molecule has 1 aliphatic rings. The van der Waals surface area contributed by atoms with E-state index in [1.165, 1.54) is 24.3 Å². The topological polar surface area (TPSA) is 91.0 Å². The highest BCUT2D eigenvalue weighted by molar-refractivity contribution is 9.11. The lowest BCUT2D eigenvalue weighted by Gasteiger charge is -2.12. The first-order valence-electron chi connectivity index (χ1n) is 9.65. The van der Waals surface area contributed by atoms with Crippen LogP contribution in [-0.2, 0) is 16.1 Å². The SMILES string of the molecule is O=C1OC(c2ccc(Cl)c([N+](=O)[O-])c2)=N/C1=C\c1cc(Br)c(OCc2ccc(Cl)c(Cl)c2)c(Br)c1. The van der Waals surface area contributed by atoms with Gasteiger partial charge in [-0.05, 0) is 85.5 Å². The molecule has 7 nitrogen and oxygen atoms in total. The highest BCUT2D eigenvalue weighted by atomic mass is 79.9. The summed E-state index contributed by atoms with van der Waals surface area (Å²) in [6.07, 6.45) is 1.53. The van der Waals surface area contributed by atoms with Gasteiger partial charge in [-0.1, -0.05) is 40.9 Å². The Kier molecular flexibility index (Phi) is 7.83. The lowest BCUT2D eigenvalue weighted by atomic mass is 10.2. The van der Waals surface area contributed by atoms with Crippen LogP contribution in [-0.4, -0.2) is 16.8 Å². The summed E-state index contributed by atoms with van der Waals surface area (Å²) >= 11 is 24.8. The van der Waals surface area contributed by atoms with Crippen molar-refractivity contribution in [2.45, 2.75) is 6.61 Å². The molecule has 0 amide bonds. The minimum absolute atomic E-state index is 0.0286. The summed E-state index contributed by atoms with van der Waals surface area (Å²) in [7, 11) is 0. The first-order chi connectivity index (χ1) is 16.6. The fourth-order valence-corrected chi connectivity index (χ4v) is 5.02. The van der Waals surface area contributed by atoms with Crippen LogP contribution < -0.4 is 4.74 Å². The van der Waals surface area contributed by atoms with Crippen molar-refractivity contribution in [2.75, 3.05) is 0 Å². The zero-order valence-electron chi connectivity index (χ0n) is 17.2. The van der Waals surface area contributed by atoms with Gasteiger partial charge in [0.1, 0.15) is 17.4 Å². The van der Waals surface area contributed by atoms with Crippen LogP contribution in [0.5, 0.6) is 5.75 Å². The molecular weight excluding hydrogens is 650 g/mol. The molecule has 0 radical (unpaired) electrons. The second-order valence-corrected chi connectivity index (χ2v) is 10.0. The first-order valence-corrected chi connectivity index (χ1v) is 12.4. The number of benzene rings is 3. The quantitative estimate of drug-likeness (QED) is 0.116. The Labute approximate surface area is 230 Å². The van der Waals surface area contributed by atoms with Gasteiger partial charge in [0.15, 0.2) is 5.70 Å². The third-order valence-electron chi connectivity index (χ3n) is 4.70. The van der Waals surface area contributed by atoms with Crippen LogP contribution in [0.2, 0.25) is 15.1 Å². The van der Waals surface area contributed by atoms with E-state index in [9.17, 15) is 14.9 Å². The van der Waals surface area contributed by atoms with Crippen molar-refractivity contribution in [3.8, 4) is 5.75 Å².